The van der Waals surface area contributed by atoms with Crippen LogP contribution in [-0.4, -0.2) is 4.98 Å². The van der Waals surface area contributed by atoms with E-state index in [0.29, 0.717) is 0 Å². The van der Waals surface area contributed by atoms with E-state index in [9.17, 15) is 0 Å². The molecule has 0 aliphatic heterocycles. The van der Waals surface area contributed by atoms with Crippen molar-refractivity contribution < 1.29 is 0 Å². The van der Waals surface area contributed by atoms with E-state index in [1.165, 1.54) is 103 Å². The molecule has 0 saturated carbocycles. The van der Waals surface area contributed by atoms with Gasteiger partial charge in [0.1, 0.15) is 0 Å². The molecule has 0 fully saturated rings. The summed E-state index contributed by atoms with van der Waals surface area (Å²) in [4.78, 5) is 6.38. The second kappa shape index (κ2) is 12.7. The van der Waals surface area contributed by atoms with Crippen LogP contribution in [0.15, 0.2) is 212 Å². The van der Waals surface area contributed by atoms with Crippen molar-refractivity contribution in [2.45, 2.75) is 5.41 Å². The highest BCUT2D eigenvalue weighted by molar-refractivity contribution is 7.27. The van der Waals surface area contributed by atoms with Crippen molar-refractivity contribution in [2.24, 2.45) is 0 Å². The van der Waals surface area contributed by atoms with Gasteiger partial charge in [0, 0.05) is 58.9 Å². The van der Waals surface area contributed by atoms with Crippen LogP contribution < -0.4 is 4.90 Å². The third-order valence-corrected chi connectivity index (χ3v) is 15.0. The van der Waals surface area contributed by atoms with E-state index >= 15 is 0 Å². The van der Waals surface area contributed by atoms with Crippen LogP contribution in [0.2, 0.25) is 0 Å². The summed E-state index contributed by atoms with van der Waals surface area (Å²) in [7, 11) is 0. The zero-order chi connectivity index (χ0) is 40.5. The summed E-state index contributed by atoms with van der Waals surface area (Å²) in [6.45, 7) is 0. The van der Waals surface area contributed by atoms with E-state index in [1.54, 1.807) is 0 Å². The second-order valence-corrected chi connectivity index (χ2v) is 17.9. The quantitative estimate of drug-likeness (QED) is 0.188. The lowest BCUT2D eigenvalue weighted by molar-refractivity contribution is 0.793. The minimum atomic E-state index is -0.438. The first-order valence-corrected chi connectivity index (χ1v) is 22.2. The third-order valence-electron chi connectivity index (χ3n) is 13.8. The molecule has 2 nitrogen and oxygen atoms in total. The number of aromatic nitrogens is 1. The highest BCUT2D eigenvalue weighted by Crippen LogP contribution is 2.63. The number of thiophene rings is 1. The van der Waals surface area contributed by atoms with E-state index in [1.807, 2.05) is 11.3 Å². The number of rotatable bonds is 4. The van der Waals surface area contributed by atoms with Crippen LogP contribution in [0.1, 0.15) is 22.3 Å². The number of benzene rings is 10. The molecule has 12 aromatic rings. The maximum absolute atomic E-state index is 3.91. The predicted molar refractivity (Wildman–Crippen MR) is 263 cm³/mol. The van der Waals surface area contributed by atoms with Crippen LogP contribution in [0.5, 0.6) is 0 Å². The lowest BCUT2D eigenvalue weighted by atomic mass is 9.70. The number of fused-ring (bicyclic) bond motifs is 20. The van der Waals surface area contributed by atoms with Crippen molar-refractivity contribution in [1.82, 2.24) is 4.98 Å². The predicted octanol–water partition coefficient (Wildman–Crippen LogP) is 16.3. The molecule has 0 unspecified atom stereocenters. The Labute approximate surface area is 362 Å². The van der Waals surface area contributed by atoms with Gasteiger partial charge in [-0.3, -0.25) is 0 Å². The lowest BCUT2D eigenvalue weighted by Gasteiger charge is -2.32. The Morgan fingerprint density at radius 3 is 1.61 bits per heavy atom. The molecule has 2 aliphatic rings. The van der Waals surface area contributed by atoms with Crippen LogP contribution in [-0.2, 0) is 5.41 Å². The molecule has 0 amide bonds. The van der Waals surface area contributed by atoms with E-state index < -0.39 is 5.41 Å². The Bertz CT molecular complexity index is 3750. The summed E-state index contributed by atoms with van der Waals surface area (Å²) in [5.74, 6) is 0. The highest BCUT2D eigenvalue weighted by atomic mass is 32.1. The number of hydrogen-bond donors (Lipinski definition) is 1. The lowest BCUT2D eigenvalue weighted by Crippen LogP contribution is -2.26. The van der Waals surface area contributed by atoms with Gasteiger partial charge in [-0.15, -0.1) is 11.3 Å². The fourth-order valence-electron chi connectivity index (χ4n) is 11.3. The van der Waals surface area contributed by atoms with Crippen LogP contribution in [0.4, 0.5) is 17.1 Å². The maximum Gasteiger partial charge on any atom is 0.0726 e. The normalized spacial score (nSPS) is 13.3. The Kier molecular flexibility index (Phi) is 6.95. The zero-order valence-electron chi connectivity index (χ0n) is 33.6. The second-order valence-electron chi connectivity index (χ2n) is 16.8. The highest BCUT2D eigenvalue weighted by Gasteiger charge is 2.51. The van der Waals surface area contributed by atoms with Crippen molar-refractivity contribution in [3.63, 3.8) is 0 Å². The third kappa shape index (κ3) is 4.47. The Hall–Kier alpha value is -7.72. The van der Waals surface area contributed by atoms with Crippen LogP contribution >= 0.6 is 11.3 Å². The number of nitrogens with one attached hydrogen (secondary N) is 1. The summed E-state index contributed by atoms with van der Waals surface area (Å²) in [6, 6.07) is 79.0. The molecule has 62 heavy (non-hydrogen) atoms. The van der Waals surface area contributed by atoms with Gasteiger partial charge in [-0.2, -0.15) is 0 Å². The maximum atomic E-state index is 3.91. The van der Waals surface area contributed by atoms with Crippen molar-refractivity contribution in [2.75, 3.05) is 4.90 Å². The van der Waals surface area contributed by atoms with Gasteiger partial charge in [-0.05, 0) is 110 Å². The molecule has 10 aromatic carbocycles. The van der Waals surface area contributed by atoms with Crippen molar-refractivity contribution in [3.05, 3.63) is 235 Å². The van der Waals surface area contributed by atoms with Crippen molar-refractivity contribution in [3.8, 4) is 33.4 Å². The minimum Gasteiger partial charge on any atom is -0.354 e. The fraction of sp³-hybridized carbons (Fsp3) is 0.0169. The molecule has 3 heteroatoms. The monoisotopic (exact) mass is 804 g/mol. The topological polar surface area (TPSA) is 19.0 Å². The Morgan fingerprint density at radius 1 is 0.371 bits per heavy atom. The number of anilines is 3. The zero-order valence-corrected chi connectivity index (χ0v) is 34.4. The molecular weight excluding hydrogens is 769 g/mol. The van der Waals surface area contributed by atoms with Gasteiger partial charge in [0.15, 0.2) is 0 Å². The first-order chi connectivity index (χ1) is 30.8. The molecule has 288 valence electrons. The summed E-state index contributed by atoms with van der Waals surface area (Å²) in [5.41, 5.74) is 18.3. The number of nitrogens with zero attached hydrogens (tertiary/aromatic N) is 1. The van der Waals surface area contributed by atoms with Gasteiger partial charge in [-0.1, -0.05) is 164 Å². The smallest absolute Gasteiger partial charge is 0.0726 e. The summed E-state index contributed by atoms with van der Waals surface area (Å²) >= 11 is 1.91. The molecule has 0 bridgehead atoms. The molecule has 2 aromatic heterocycles. The molecule has 1 N–H and O–H groups in total. The van der Waals surface area contributed by atoms with Crippen LogP contribution in [0, 0.1) is 0 Å². The fourth-order valence-corrected chi connectivity index (χ4v) is 12.6. The largest absolute Gasteiger partial charge is 0.354 e. The molecule has 0 atom stereocenters. The van der Waals surface area contributed by atoms with E-state index in [-0.39, 0.29) is 0 Å². The molecule has 0 saturated heterocycles. The van der Waals surface area contributed by atoms with Gasteiger partial charge < -0.3 is 9.88 Å². The molecule has 2 heterocycles. The van der Waals surface area contributed by atoms with E-state index in [4.69, 9.17) is 0 Å². The van der Waals surface area contributed by atoms with Crippen molar-refractivity contribution in [1.29, 1.82) is 0 Å². The molecule has 1 spiro atoms. The molecule has 14 rings (SSSR count). The summed E-state index contributed by atoms with van der Waals surface area (Å²) < 4.78 is 2.65. The molecular formula is C59H36N2S. The van der Waals surface area contributed by atoms with E-state index in [2.05, 4.69) is 222 Å². The SMILES string of the molecule is c1ccc(-c2ccc(N(c3ccc4c(c3)C3(c5ccccc5-c5ccccc53)c3ccccc3-4)c3ccc4[nH]c5c6ccccc6c6c7ccccc7sc6c5c4c3)cc2)cc1. The average Bonchev–Trinajstić information content (AvgIpc) is 4.08. The van der Waals surface area contributed by atoms with Gasteiger partial charge in [0.05, 0.1) is 10.9 Å². The van der Waals surface area contributed by atoms with E-state index in [0.717, 1.165) is 22.6 Å². The molecule has 0 radical (unpaired) electrons. The first kappa shape index (κ1) is 34.0. The number of hydrogen-bond acceptors (Lipinski definition) is 2. The number of H-pyrrole nitrogens is 1. The molecule has 2 aliphatic carbocycles. The minimum absolute atomic E-state index is 0.438. The summed E-state index contributed by atoms with van der Waals surface area (Å²) in [5, 5.41) is 7.73. The number of aromatic amines is 1. The Morgan fingerprint density at radius 2 is 0.903 bits per heavy atom. The van der Waals surface area contributed by atoms with Crippen LogP contribution in [0.25, 0.3) is 86.1 Å². The van der Waals surface area contributed by atoms with Gasteiger partial charge in [-0.25, -0.2) is 0 Å². The average molecular weight is 805 g/mol. The van der Waals surface area contributed by atoms with Gasteiger partial charge >= 0.3 is 0 Å². The van der Waals surface area contributed by atoms with Crippen molar-refractivity contribution >= 4 is 81.1 Å². The van der Waals surface area contributed by atoms with Gasteiger partial charge in [0.25, 0.3) is 0 Å². The standard InChI is InChI=1S/C59H36N2S/c1-2-14-36(15-3-1)37-26-28-38(29-27-37)61(39-31-33-53-48(34-39)56-57(60-53)46-20-5-4-19-45(46)55-47-21-9-13-25-54(47)62-58(55)56)40-30-32-44-43-18-8-12-24-51(43)59(52(44)35-40)49-22-10-6-16-41(49)42-17-7-11-23-50(42)59/h1-35,60H. The van der Waals surface area contributed by atoms with Gasteiger partial charge in [0.2, 0.25) is 0 Å². The first-order valence-electron chi connectivity index (χ1n) is 21.4. The van der Waals surface area contributed by atoms with Crippen LogP contribution in [0.3, 0.4) is 0 Å². The Balaban J connectivity index is 1.04. The summed E-state index contributed by atoms with van der Waals surface area (Å²) in [6.07, 6.45) is 0.